The summed E-state index contributed by atoms with van der Waals surface area (Å²) in [5, 5.41) is 13.1. The molecule has 5 unspecified atom stereocenters. The Hall–Kier alpha value is -2.64. The van der Waals surface area contributed by atoms with Crippen LogP contribution in [-0.4, -0.2) is 50.7 Å². The van der Waals surface area contributed by atoms with Crippen molar-refractivity contribution in [3.8, 4) is 11.5 Å². The summed E-state index contributed by atoms with van der Waals surface area (Å²) in [6.45, 7) is 18.1. The summed E-state index contributed by atoms with van der Waals surface area (Å²) in [7, 11) is -1.85. The van der Waals surface area contributed by atoms with E-state index in [2.05, 4.69) is 93.8 Å². The molecule has 5 atom stereocenters. The maximum atomic E-state index is 13.1. The monoisotopic (exact) mass is 629 g/mol. The second-order valence-corrected chi connectivity index (χ2v) is 18.9. The lowest BCUT2D eigenvalue weighted by molar-refractivity contribution is -0.153. The van der Waals surface area contributed by atoms with Gasteiger partial charge < -0.3 is 19.0 Å². The van der Waals surface area contributed by atoms with Crippen LogP contribution in [0.15, 0.2) is 78.9 Å². The molecule has 45 heavy (non-hydrogen) atoms. The first-order chi connectivity index (χ1) is 21.5. The highest BCUT2D eigenvalue weighted by Gasteiger charge is 2.60. The molecule has 5 nitrogen and oxygen atoms in total. The predicted molar refractivity (Wildman–Crippen MR) is 186 cm³/mol. The molecule has 1 heterocycles. The number of aliphatic hydroxyl groups is 1. The normalized spacial score (nSPS) is 27.7. The van der Waals surface area contributed by atoms with Gasteiger partial charge in [0.15, 0.2) is 8.32 Å². The third-order valence-electron chi connectivity index (χ3n) is 10.4. The third kappa shape index (κ3) is 7.68. The van der Waals surface area contributed by atoms with Gasteiger partial charge in [-0.05, 0) is 98.4 Å². The smallest absolute Gasteiger partial charge is 0.184 e. The fourth-order valence-corrected chi connectivity index (χ4v) is 9.18. The van der Waals surface area contributed by atoms with Crippen LogP contribution in [0.4, 0.5) is 0 Å². The van der Waals surface area contributed by atoms with Crippen molar-refractivity contribution >= 4 is 8.32 Å². The molecule has 1 saturated carbocycles. The molecule has 244 valence electrons. The maximum absolute atomic E-state index is 13.1. The van der Waals surface area contributed by atoms with Gasteiger partial charge in [-0.25, -0.2) is 0 Å². The molecule has 0 radical (unpaired) electrons. The van der Waals surface area contributed by atoms with E-state index in [1.807, 2.05) is 30.3 Å². The highest BCUT2D eigenvalue weighted by molar-refractivity contribution is 6.69. The molecule has 1 saturated heterocycles. The lowest BCUT2D eigenvalue weighted by atomic mass is 9.50. The Morgan fingerprint density at radius 1 is 0.822 bits per heavy atom. The number of benzene rings is 3. The molecule has 1 aliphatic carbocycles. The van der Waals surface area contributed by atoms with Crippen molar-refractivity contribution in [3.05, 3.63) is 95.6 Å². The number of rotatable bonds is 12. The van der Waals surface area contributed by atoms with Gasteiger partial charge in [0.2, 0.25) is 0 Å². The number of ether oxygens (including phenoxy) is 2. The molecule has 0 aromatic heterocycles. The second kappa shape index (κ2) is 14.4. The quantitative estimate of drug-likeness (QED) is 0.204. The van der Waals surface area contributed by atoms with Gasteiger partial charge in [0.05, 0.1) is 6.10 Å². The Morgan fingerprint density at radius 3 is 2.02 bits per heavy atom. The summed E-state index contributed by atoms with van der Waals surface area (Å²) < 4.78 is 19.1. The fourth-order valence-electron chi connectivity index (χ4n) is 7.98. The average Bonchev–Trinajstić information content (AvgIpc) is 3.04. The number of hydrogen-bond acceptors (Lipinski definition) is 5. The van der Waals surface area contributed by atoms with Crippen molar-refractivity contribution in [1.29, 1.82) is 0 Å². The molecule has 3 aromatic rings. The number of likely N-dealkylation sites (tertiary alicyclic amines) is 1. The van der Waals surface area contributed by atoms with Gasteiger partial charge in [-0.15, -0.1) is 0 Å². The van der Waals surface area contributed by atoms with E-state index in [0.717, 1.165) is 41.2 Å². The van der Waals surface area contributed by atoms with Crippen LogP contribution in [0.5, 0.6) is 11.5 Å². The summed E-state index contributed by atoms with van der Waals surface area (Å²) >= 11 is 0. The Bertz CT molecular complexity index is 1340. The predicted octanol–water partition coefficient (Wildman–Crippen LogP) is 8.56. The van der Waals surface area contributed by atoms with Crippen molar-refractivity contribution < 1.29 is 19.0 Å². The van der Waals surface area contributed by atoms with E-state index in [0.29, 0.717) is 25.6 Å². The molecule has 6 heteroatoms. The van der Waals surface area contributed by atoms with E-state index < -0.39 is 19.3 Å². The highest BCUT2D eigenvalue weighted by atomic mass is 28.4. The Labute approximate surface area is 273 Å². The topological polar surface area (TPSA) is 51.2 Å². The summed E-state index contributed by atoms with van der Waals surface area (Å²) in [6.07, 6.45) is 5.38. The number of nitrogens with zero attached hydrogens (tertiary/aromatic N) is 1. The van der Waals surface area contributed by atoms with E-state index in [-0.39, 0.29) is 12.0 Å². The van der Waals surface area contributed by atoms with Crippen LogP contribution in [0, 0.1) is 11.8 Å². The first kappa shape index (κ1) is 33.7. The zero-order valence-corrected chi connectivity index (χ0v) is 29.4. The van der Waals surface area contributed by atoms with Gasteiger partial charge in [-0.1, -0.05) is 88.2 Å². The first-order valence-corrected chi connectivity index (χ1v) is 20.6. The minimum Gasteiger partial charge on any atom is -0.492 e. The minimum absolute atomic E-state index is 0.0198. The van der Waals surface area contributed by atoms with Gasteiger partial charge in [0.1, 0.15) is 30.3 Å². The number of hydrogen-bond donors (Lipinski definition) is 1. The zero-order chi connectivity index (χ0) is 32.1. The second-order valence-electron chi connectivity index (χ2n) is 14.5. The van der Waals surface area contributed by atoms with E-state index >= 15 is 0 Å². The molecular formula is C39H55NO4Si. The summed E-state index contributed by atoms with van der Waals surface area (Å²) in [5.41, 5.74) is 1.51. The van der Waals surface area contributed by atoms with Crippen molar-refractivity contribution in [2.75, 3.05) is 26.2 Å². The van der Waals surface area contributed by atoms with Gasteiger partial charge in [0.25, 0.3) is 0 Å². The molecule has 2 aliphatic rings. The van der Waals surface area contributed by atoms with Crippen LogP contribution in [0.25, 0.3) is 0 Å². The van der Waals surface area contributed by atoms with Crippen LogP contribution < -0.4 is 9.47 Å². The molecule has 5 rings (SSSR count). The van der Waals surface area contributed by atoms with Gasteiger partial charge in [-0.3, -0.25) is 4.90 Å². The average molecular weight is 630 g/mol. The van der Waals surface area contributed by atoms with Crippen molar-refractivity contribution in [1.82, 2.24) is 4.90 Å². The van der Waals surface area contributed by atoms with E-state index in [9.17, 15) is 5.11 Å². The summed E-state index contributed by atoms with van der Waals surface area (Å²) in [5.74, 6) is 2.18. The summed E-state index contributed by atoms with van der Waals surface area (Å²) in [6, 6.07) is 26.9. The molecule has 0 bridgehead atoms. The van der Waals surface area contributed by atoms with Gasteiger partial charge >= 0.3 is 0 Å². The highest BCUT2D eigenvalue weighted by Crippen LogP contribution is 2.58. The molecule has 0 amide bonds. The first-order valence-electron chi connectivity index (χ1n) is 17.2. The third-order valence-corrected chi connectivity index (χ3v) is 11.4. The van der Waals surface area contributed by atoms with Crippen molar-refractivity contribution in [3.63, 3.8) is 0 Å². The van der Waals surface area contributed by atoms with Crippen LogP contribution in [-0.2, 0) is 22.0 Å². The Kier molecular flexibility index (Phi) is 10.8. The van der Waals surface area contributed by atoms with Crippen LogP contribution in [0.2, 0.25) is 19.6 Å². The van der Waals surface area contributed by atoms with Crippen molar-refractivity contribution in [2.45, 2.75) is 96.2 Å². The standard InChI is InChI=1S/C39H55NO4Si/c1-7-36-30(2)37(44-45(4,5)6)28-39(41,33-18-22-34(23-19-33)42-27-26-40-24-12-9-13-25-40)38(36,3)32-16-20-35(21-17-32)43-29-31-14-10-8-11-15-31/h8,10-11,14-23,30,36-37,41H,7,9,12-13,24-29H2,1-6H3. The molecular weight excluding hydrogens is 575 g/mol. The SMILES string of the molecule is CCC1C(C)C(O[Si](C)(C)C)CC(O)(c2ccc(OCCN3CCCCC3)cc2)C1(C)c1ccc(OCc2ccccc2)cc1. The molecule has 3 aromatic carbocycles. The molecule has 1 N–H and O–H groups in total. The minimum atomic E-state index is -1.85. The Morgan fingerprint density at radius 2 is 1.42 bits per heavy atom. The maximum Gasteiger partial charge on any atom is 0.184 e. The van der Waals surface area contributed by atoms with Gasteiger partial charge in [-0.2, -0.15) is 0 Å². The van der Waals surface area contributed by atoms with Crippen LogP contribution >= 0.6 is 0 Å². The van der Waals surface area contributed by atoms with E-state index in [4.69, 9.17) is 13.9 Å². The van der Waals surface area contributed by atoms with E-state index in [1.54, 1.807) is 0 Å². The largest absolute Gasteiger partial charge is 0.492 e. The molecule has 0 spiro atoms. The molecule has 1 aliphatic heterocycles. The van der Waals surface area contributed by atoms with E-state index in [1.165, 1.54) is 32.4 Å². The van der Waals surface area contributed by atoms with Crippen LogP contribution in [0.3, 0.4) is 0 Å². The lowest BCUT2D eigenvalue weighted by Gasteiger charge is -2.59. The molecule has 2 fully saturated rings. The van der Waals surface area contributed by atoms with Gasteiger partial charge in [0, 0.05) is 18.4 Å². The Balaban J connectivity index is 1.42. The summed E-state index contributed by atoms with van der Waals surface area (Å²) in [4.78, 5) is 2.50. The number of piperidine rings is 1. The zero-order valence-electron chi connectivity index (χ0n) is 28.4. The fraction of sp³-hybridized carbons (Fsp3) is 0.538. The van der Waals surface area contributed by atoms with Crippen LogP contribution in [0.1, 0.15) is 69.6 Å². The van der Waals surface area contributed by atoms with Crippen molar-refractivity contribution in [2.24, 2.45) is 11.8 Å². The lowest BCUT2D eigenvalue weighted by Crippen LogP contribution is -2.62.